The molecule has 4 rings (SSSR count). The monoisotopic (exact) mass is 443 g/mol. The highest BCUT2D eigenvalue weighted by Gasteiger charge is 2.24. The molecule has 160 valence electrons. The Kier molecular flexibility index (Phi) is 6.74. The summed E-state index contributed by atoms with van der Waals surface area (Å²) in [6, 6.07) is 28.1. The third-order valence-electron chi connectivity index (χ3n) is 4.58. The molecule has 3 aromatic carbocycles. The average Bonchev–Trinajstić information content (AvgIpc) is 3.26. The summed E-state index contributed by atoms with van der Waals surface area (Å²) in [6.45, 7) is 1.45. The van der Waals surface area contributed by atoms with E-state index in [1.807, 2.05) is 91.0 Å². The molecule has 0 saturated carbocycles. The number of Topliss-reactive ketones (excluding diaryl/α,β-unsaturated/α-hetero) is 1. The van der Waals surface area contributed by atoms with Crippen molar-refractivity contribution >= 4 is 28.3 Å². The number of nitrogens with zero attached hydrogens (tertiary/aromatic N) is 4. The Hall–Kier alpha value is -3.75. The summed E-state index contributed by atoms with van der Waals surface area (Å²) in [7, 11) is 0. The van der Waals surface area contributed by atoms with Crippen molar-refractivity contribution in [1.29, 1.82) is 0 Å². The van der Waals surface area contributed by atoms with Crippen molar-refractivity contribution in [2.75, 3.05) is 5.43 Å². The van der Waals surface area contributed by atoms with Gasteiger partial charge in [-0.05, 0) is 41.6 Å². The van der Waals surface area contributed by atoms with Gasteiger partial charge in [0, 0.05) is 12.6 Å². The lowest BCUT2D eigenvalue weighted by molar-refractivity contribution is -0.110. The van der Waals surface area contributed by atoms with Crippen LogP contribution >= 0.6 is 11.8 Å². The zero-order valence-corrected chi connectivity index (χ0v) is 18.1. The van der Waals surface area contributed by atoms with E-state index in [0.717, 1.165) is 23.1 Å². The van der Waals surface area contributed by atoms with Gasteiger partial charge in [-0.3, -0.25) is 14.8 Å². The SMILES string of the molecule is CC(=O)/C(=N/Nc1ccccc1)Sc1nnc([C@H](O)c2ccccc2)n1-c1ccccc1. The van der Waals surface area contributed by atoms with Crippen molar-refractivity contribution in [3.05, 3.63) is 102 Å². The molecule has 7 nitrogen and oxygen atoms in total. The maximum absolute atomic E-state index is 12.3. The summed E-state index contributed by atoms with van der Waals surface area (Å²) < 4.78 is 1.74. The average molecular weight is 444 g/mol. The van der Waals surface area contributed by atoms with Gasteiger partial charge in [0.15, 0.2) is 16.7 Å². The number of hydrogen-bond acceptors (Lipinski definition) is 7. The van der Waals surface area contributed by atoms with E-state index in [0.29, 0.717) is 16.5 Å². The van der Waals surface area contributed by atoms with Crippen LogP contribution in [0.3, 0.4) is 0 Å². The van der Waals surface area contributed by atoms with Crippen LogP contribution in [0.25, 0.3) is 5.69 Å². The van der Waals surface area contributed by atoms with Crippen LogP contribution in [0.4, 0.5) is 5.69 Å². The number of carbonyl (C=O) groups excluding carboxylic acids is 1. The minimum Gasteiger partial charge on any atom is -0.380 e. The molecule has 0 amide bonds. The van der Waals surface area contributed by atoms with E-state index in [1.54, 1.807) is 4.57 Å². The summed E-state index contributed by atoms with van der Waals surface area (Å²) >= 11 is 1.09. The molecule has 0 saturated heterocycles. The van der Waals surface area contributed by atoms with Crippen LogP contribution in [0.2, 0.25) is 0 Å². The quantitative estimate of drug-likeness (QED) is 0.190. The lowest BCUT2D eigenvalue weighted by atomic mass is 10.1. The number of benzene rings is 3. The summed E-state index contributed by atoms with van der Waals surface area (Å²) in [5, 5.41) is 24.4. The van der Waals surface area contributed by atoms with Gasteiger partial charge in [0.2, 0.25) is 5.16 Å². The molecule has 0 aliphatic carbocycles. The number of hydrazone groups is 1. The summed E-state index contributed by atoms with van der Waals surface area (Å²) in [6.07, 6.45) is -0.988. The topological polar surface area (TPSA) is 92.4 Å². The summed E-state index contributed by atoms with van der Waals surface area (Å²) in [4.78, 5) is 12.3. The number of hydrogen-bond donors (Lipinski definition) is 2. The lowest BCUT2D eigenvalue weighted by Crippen LogP contribution is -2.12. The fourth-order valence-electron chi connectivity index (χ4n) is 3.02. The van der Waals surface area contributed by atoms with E-state index < -0.39 is 6.10 Å². The fourth-order valence-corrected chi connectivity index (χ4v) is 3.80. The predicted octanol–water partition coefficient (Wildman–Crippen LogP) is 4.46. The van der Waals surface area contributed by atoms with Gasteiger partial charge >= 0.3 is 0 Å². The Labute approximate surface area is 189 Å². The second-order valence-electron chi connectivity index (χ2n) is 6.88. The minimum absolute atomic E-state index is 0.216. The number of aliphatic hydroxyl groups is 1. The van der Waals surface area contributed by atoms with Crippen LogP contribution in [0.5, 0.6) is 0 Å². The van der Waals surface area contributed by atoms with Crippen LogP contribution < -0.4 is 5.43 Å². The van der Waals surface area contributed by atoms with Gasteiger partial charge in [-0.1, -0.05) is 66.7 Å². The second-order valence-corrected chi connectivity index (χ2v) is 7.83. The number of anilines is 1. The normalized spacial score (nSPS) is 12.4. The number of ketones is 1. The third-order valence-corrected chi connectivity index (χ3v) is 5.60. The molecule has 0 fully saturated rings. The molecule has 1 aromatic heterocycles. The largest absolute Gasteiger partial charge is 0.380 e. The van der Waals surface area contributed by atoms with Gasteiger partial charge in [0.05, 0.1) is 5.69 Å². The van der Waals surface area contributed by atoms with Gasteiger partial charge in [0.25, 0.3) is 0 Å². The molecule has 0 spiro atoms. The molecule has 0 radical (unpaired) electrons. The molecule has 0 aliphatic heterocycles. The zero-order chi connectivity index (χ0) is 22.3. The Morgan fingerprint density at radius 1 is 0.938 bits per heavy atom. The van der Waals surface area contributed by atoms with Gasteiger partial charge < -0.3 is 5.11 Å². The number of thioether (sulfide) groups is 1. The molecule has 1 atom stereocenters. The molecule has 32 heavy (non-hydrogen) atoms. The van der Waals surface area contributed by atoms with Crippen molar-refractivity contribution in [3.63, 3.8) is 0 Å². The van der Waals surface area contributed by atoms with Crippen LogP contribution in [-0.2, 0) is 4.79 Å². The van der Waals surface area contributed by atoms with Crippen molar-refractivity contribution in [3.8, 4) is 5.69 Å². The zero-order valence-electron chi connectivity index (χ0n) is 17.3. The van der Waals surface area contributed by atoms with E-state index in [-0.39, 0.29) is 10.8 Å². The van der Waals surface area contributed by atoms with Crippen LogP contribution in [0.1, 0.15) is 24.4 Å². The van der Waals surface area contributed by atoms with Crippen molar-refractivity contribution in [2.45, 2.75) is 18.2 Å². The standard InChI is InChI=1S/C24H21N5O2S/c1-17(30)23(27-25-19-13-7-3-8-14-19)32-24-28-26-22(21(31)18-11-5-2-6-12-18)29(24)20-15-9-4-10-16-20/h2-16,21,25,31H,1H3/b27-23-/t21-/m1/s1. The number of aliphatic hydroxyl groups excluding tert-OH is 1. The maximum Gasteiger partial charge on any atom is 0.202 e. The smallest absolute Gasteiger partial charge is 0.202 e. The number of rotatable bonds is 7. The molecule has 2 N–H and O–H groups in total. The highest BCUT2D eigenvalue weighted by Crippen LogP contribution is 2.29. The van der Waals surface area contributed by atoms with Crippen molar-refractivity contribution < 1.29 is 9.90 Å². The number of para-hydroxylation sites is 2. The molecule has 0 aliphatic rings. The maximum atomic E-state index is 12.3. The van der Waals surface area contributed by atoms with Gasteiger partial charge in [-0.25, -0.2) is 0 Å². The van der Waals surface area contributed by atoms with E-state index in [4.69, 9.17) is 0 Å². The Balaban J connectivity index is 1.71. The molecular weight excluding hydrogens is 422 g/mol. The lowest BCUT2D eigenvalue weighted by Gasteiger charge is -2.14. The number of carbonyl (C=O) groups is 1. The highest BCUT2D eigenvalue weighted by molar-refractivity contribution is 8.15. The molecule has 0 bridgehead atoms. The van der Waals surface area contributed by atoms with Crippen LogP contribution in [-0.4, -0.2) is 30.7 Å². The third kappa shape index (κ3) is 4.93. The first-order valence-corrected chi connectivity index (χ1v) is 10.8. The first-order valence-electron chi connectivity index (χ1n) is 9.95. The predicted molar refractivity (Wildman–Crippen MR) is 126 cm³/mol. The second kappa shape index (κ2) is 10.0. The Morgan fingerprint density at radius 2 is 1.53 bits per heavy atom. The highest BCUT2D eigenvalue weighted by atomic mass is 32.2. The summed E-state index contributed by atoms with van der Waals surface area (Å²) in [5.74, 6) is 0.134. The van der Waals surface area contributed by atoms with E-state index in [2.05, 4.69) is 20.7 Å². The Morgan fingerprint density at radius 3 is 2.16 bits per heavy atom. The minimum atomic E-state index is -0.988. The fraction of sp³-hybridized carbons (Fsp3) is 0.0833. The Bertz CT molecular complexity index is 1210. The number of nitrogens with one attached hydrogen (secondary N) is 1. The van der Waals surface area contributed by atoms with Crippen LogP contribution in [0.15, 0.2) is 101 Å². The molecular formula is C24H21N5O2S. The molecule has 8 heteroatoms. The first kappa shape index (κ1) is 21.5. The van der Waals surface area contributed by atoms with E-state index >= 15 is 0 Å². The number of aromatic nitrogens is 3. The van der Waals surface area contributed by atoms with E-state index in [9.17, 15) is 9.90 Å². The molecule has 4 aromatic rings. The van der Waals surface area contributed by atoms with E-state index in [1.165, 1.54) is 6.92 Å². The molecule has 1 heterocycles. The molecule has 0 unspecified atom stereocenters. The summed E-state index contributed by atoms with van der Waals surface area (Å²) in [5.41, 5.74) is 5.12. The van der Waals surface area contributed by atoms with Gasteiger partial charge in [0.1, 0.15) is 6.10 Å². The van der Waals surface area contributed by atoms with Gasteiger partial charge in [-0.15, -0.1) is 10.2 Å². The van der Waals surface area contributed by atoms with Gasteiger partial charge in [-0.2, -0.15) is 5.10 Å². The first-order chi connectivity index (χ1) is 15.6. The van der Waals surface area contributed by atoms with Crippen molar-refractivity contribution in [1.82, 2.24) is 14.8 Å². The van der Waals surface area contributed by atoms with Crippen molar-refractivity contribution in [2.24, 2.45) is 5.10 Å². The van der Waals surface area contributed by atoms with Crippen LogP contribution in [0, 0.1) is 0 Å².